The Bertz CT molecular complexity index is 575. The highest BCUT2D eigenvalue weighted by Gasteiger charge is 2.46. The van der Waals surface area contributed by atoms with Gasteiger partial charge in [0.15, 0.2) is 5.78 Å². The number of ketones is 1. The van der Waals surface area contributed by atoms with Crippen molar-refractivity contribution in [3.8, 4) is 0 Å². The van der Waals surface area contributed by atoms with Crippen molar-refractivity contribution >= 4 is 29.3 Å². The van der Waals surface area contributed by atoms with Gasteiger partial charge in [0.1, 0.15) is 12.9 Å². The van der Waals surface area contributed by atoms with Crippen molar-refractivity contribution < 1.29 is 33.2 Å². The monoisotopic (exact) mass is 506 g/mol. The Morgan fingerprint density at radius 3 is 2.58 bits per heavy atom. The number of carbonyl (C=O) groups is 1. The Balaban J connectivity index is 1.62. The number of methoxy groups -OCH3 is 1. The third kappa shape index (κ3) is 8.34. The highest BCUT2D eigenvalue weighted by Crippen LogP contribution is 2.41. The first-order chi connectivity index (χ1) is 16.1. The molecule has 9 heteroatoms. The largest absolute Gasteiger partial charge is 0.379 e. The molecular weight excluding hydrogens is 464 g/mol. The summed E-state index contributed by atoms with van der Waals surface area (Å²) >= 11 is 3.74. The summed E-state index contributed by atoms with van der Waals surface area (Å²) in [6.45, 7) is 6.93. The van der Waals surface area contributed by atoms with E-state index < -0.39 is 5.60 Å². The molecule has 0 aromatic heterocycles. The molecule has 0 N–H and O–H groups in total. The molecule has 0 saturated carbocycles. The van der Waals surface area contributed by atoms with E-state index in [2.05, 4.69) is 6.92 Å². The second-order valence-electron chi connectivity index (χ2n) is 9.08. The lowest BCUT2D eigenvalue weighted by Gasteiger charge is -2.36. The molecule has 3 fully saturated rings. The molecule has 0 bridgehead atoms. The standard InChI is InChI=1S/C24H42O7S2/c1-4-27-13-14-28-12-5-7-21-24(2,29-17-26-3)11-10-20-19(30-21)9-8-18(25)22(31-20)23-32-15-6-16-33-23/h19-23H,4-17H2,1-3H3/t19-,20+,21+,22-,24-/m0/s1. The molecule has 0 aromatic carbocycles. The number of carbonyl (C=O) groups excluding carboxylic acids is 1. The Morgan fingerprint density at radius 2 is 1.82 bits per heavy atom. The lowest BCUT2D eigenvalue weighted by atomic mass is 9.90. The number of thioether (sulfide) groups is 2. The third-order valence-corrected chi connectivity index (χ3v) is 9.63. The van der Waals surface area contributed by atoms with Gasteiger partial charge in [-0.15, -0.1) is 23.5 Å². The van der Waals surface area contributed by atoms with Crippen LogP contribution in [0.5, 0.6) is 0 Å². The first kappa shape index (κ1) is 27.7. The van der Waals surface area contributed by atoms with Gasteiger partial charge in [-0.3, -0.25) is 4.79 Å². The average Bonchev–Trinajstić information content (AvgIpc) is 3.07. The molecular formula is C24H42O7S2. The summed E-state index contributed by atoms with van der Waals surface area (Å²) in [6, 6.07) is 0. The molecule has 3 saturated heterocycles. The molecule has 192 valence electrons. The second-order valence-corrected chi connectivity index (χ2v) is 11.9. The highest BCUT2D eigenvalue weighted by atomic mass is 32.2. The molecule has 5 atom stereocenters. The summed E-state index contributed by atoms with van der Waals surface area (Å²) in [4.78, 5) is 12.9. The van der Waals surface area contributed by atoms with E-state index in [-0.39, 0.29) is 41.6 Å². The van der Waals surface area contributed by atoms with Gasteiger partial charge in [-0.1, -0.05) is 0 Å². The van der Waals surface area contributed by atoms with Gasteiger partial charge in [-0.25, -0.2) is 0 Å². The number of hydrogen-bond donors (Lipinski definition) is 0. The van der Waals surface area contributed by atoms with Crippen molar-refractivity contribution in [2.75, 3.05) is 51.8 Å². The fraction of sp³-hybridized carbons (Fsp3) is 0.958. The topological polar surface area (TPSA) is 72.5 Å². The maximum atomic E-state index is 12.9. The van der Waals surface area contributed by atoms with E-state index in [1.165, 1.54) is 6.42 Å². The lowest BCUT2D eigenvalue weighted by Crippen LogP contribution is -2.44. The van der Waals surface area contributed by atoms with Gasteiger partial charge in [0.2, 0.25) is 0 Å². The van der Waals surface area contributed by atoms with E-state index in [9.17, 15) is 4.79 Å². The summed E-state index contributed by atoms with van der Waals surface area (Å²) in [5.74, 6) is 2.44. The van der Waals surface area contributed by atoms with Crippen LogP contribution in [0.2, 0.25) is 0 Å². The number of hydrogen-bond acceptors (Lipinski definition) is 9. The van der Waals surface area contributed by atoms with Crippen LogP contribution in [0.25, 0.3) is 0 Å². The zero-order valence-electron chi connectivity index (χ0n) is 20.5. The van der Waals surface area contributed by atoms with Crippen LogP contribution in [0.15, 0.2) is 0 Å². The van der Waals surface area contributed by atoms with Gasteiger partial charge in [-0.05, 0) is 63.9 Å². The number of fused-ring (bicyclic) bond motifs is 1. The number of ether oxygens (including phenoxy) is 6. The maximum absolute atomic E-state index is 12.9. The molecule has 3 aliphatic heterocycles. The molecule has 0 unspecified atom stereocenters. The second kappa shape index (κ2) is 14.6. The molecule has 33 heavy (non-hydrogen) atoms. The maximum Gasteiger partial charge on any atom is 0.163 e. The molecule has 0 radical (unpaired) electrons. The molecule has 0 amide bonds. The van der Waals surface area contributed by atoms with Crippen LogP contribution < -0.4 is 0 Å². The highest BCUT2D eigenvalue weighted by molar-refractivity contribution is 8.17. The predicted molar refractivity (Wildman–Crippen MR) is 132 cm³/mol. The molecule has 0 aromatic rings. The smallest absolute Gasteiger partial charge is 0.163 e. The van der Waals surface area contributed by atoms with Gasteiger partial charge >= 0.3 is 0 Å². The van der Waals surface area contributed by atoms with Crippen molar-refractivity contribution in [1.82, 2.24) is 0 Å². The summed E-state index contributed by atoms with van der Waals surface area (Å²) in [5.41, 5.74) is -0.468. The van der Waals surface area contributed by atoms with Crippen LogP contribution in [-0.4, -0.2) is 92.2 Å². The van der Waals surface area contributed by atoms with Gasteiger partial charge in [0, 0.05) is 26.7 Å². The molecule has 7 nitrogen and oxygen atoms in total. The van der Waals surface area contributed by atoms with Crippen molar-refractivity contribution in [3.63, 3.8) is 0 Å². The van der Waals surface area contributed by atoms with Crippen molar-refractivity contribution in [3.05, 3.63) is 0 Å². The number of rotatable bonds is 12. The van der Waals surface area contributed by atoms with Crippen LogP contribution in [0.4, 0.5) is 0 Å². The first-order valence-corrected chi connectivity index (χ1v) is 14.5. The average molecular weight is 507 g/mol. The van der Waals surface area contributed by atoms with E-state index in [0.29, 0.717) is 39.3 Å². The fourth-order valence-corrected chi connectivity index (χ4v) is 7.70. The Hall–Kier alpha value is 0.130. The minimum absolute atomic E-state index is 0.0810. The van der Waals surface area contributed by atoms with Crippen LogP contribution in [0.3, 0.4) is 0 Å². The van der Waals surface area contributed by atoms with Crippen molar-refractivity contribution in [2.45, 2.75) is 93.4 Å². The minimum atomic E-state index is -0.468. The van der Waals surface area contributed by atoms with Gasteiger partial charge in [-0.2, -0.15) is 0 Å². The fourth-order valence-electron chi connectivity index (χ4n) is 4.68. The van der Waals surface area contributed by atoms with Crippen LogP contribution in [0, 0.1) is 0 Å². The van der Waals surface area contributed by atoms with E-state index in [0.717, 1.165) is 37.2 Å². The molecule has 3 rings (SSSR count). The van der Waals surface area contributed by atoms with Gasteiger partial charge in [0.05, 0.1) is 41.7 Å². The number of Topliss-reactive ketones (excluding diaryl/α,β-unsaturated/α-hetero) is 1. The van der Waals surface area contributed by atoms with E-state index in [4.69, 9.17) is 28.4 Å². The lowest BCUT2D eigenvalue weighted by molar-refractivity contribution is -0.195. The van der Waals surface area contributed by atoms with Crippen LogP contribution in [-0.2, 0) is 33.2 Å². The predicted octanol–water partition coefficient (Wildman–Crippen LogP) is 4.06. The van der Waals surface area contributed by atoms with Crippen molar-refractivity contribution in [1.29, 1.82) is 0 Å². The Labute approximate surface area is 207 Å². The third-order valence-electron chi connectivity index (χ3n) is 6.61. The summed E-state index contributed by atoms with van der Waals surface area (Å²) in [5, 5.41) is 0. The summed E-state index contributed by atoms with van der Waals surface area (Å²) in [7, 11) is 1.64. The first-order valence-electron chi connectivity index (χ1n) is 12.4. The SMILES string of the molecule is CCOCCOCCC[C@H]1O[C@H]2CCC(=O)[C@@H](C3SCCCS3)O[C@@H]2CC[C@]1(C)OCOC. The Morgan fingerprint density at radius 1 is 1.06 bits per heavy atom. The van der Waals surface area contributed by atoms with Gasteiger partial charge < -0.3 is 28.4 Å². The molecule has 3 aliphatic rings. The molecule has 0 spiro atoms. The van der Waals surface area contributed by atoms with E-state index in [1.807, 2.05) is 30.4 Å². The Kier molecular flexibility index (Phi) is 12.3. The van der Waals surface area contributed by atoms with Crippen LogP contribution >= 0.6 is 23.5 Å². The van der Waals surface area contributed by atoms with Crippen molar-refractivity contribution in [2.24, 2.45) is 0 Å². The van der Waals surface area contributed by atoms with E-state index >= 15 is 0 Å². The van der Waals surface area contributed by atoms with Gasteiger partial charge in [0.25, 0.3) is 0 Å². The molecule has 0 aliphatic carbocycles. The zero-order chi connectivity index (χ0) is 23.5. The normalized spacial score (nSPS) is 34.0. The zero-order valence-corrected chi connectivity index (χ0v) is 22.1. The molecule has 3 heterocycles. The quantitative estimate of drug-likeness (QED) is 0.288. The minimum Gasteiger partial charge on any atom is -0.379 e. The van der Waals surface area contributed by atoms with Crippen LogP contribution in [0.1, 0.15) is 58.8 Å². The summed E-state index contributed by atoms with van der Waals surface area (Å²) < 4.78 is 35.9. The van der Waals surface area contributed by atoms with E-state index in [1.54, 1.807) is 7.11 Å². The summed E-state index contributed by atoms with van der Waals surface area (Å²) in [6.07, 6.45) is 5.15.